The summed E-state index contributed by atoms with van der Waals surface area (Å²) >= 11 is 0. The maximum atomic E-state index is 11.2. The number of amides is 1. The van der Waals surface area contributed by atoms with Crippen LogP contribution in [0.4, 0.5) is 0 Å². The highest BCUT2D eigenvalue weighted by Gasteiger charge is 2.22. The molecule has 0 saturated carbocycles. The average Bonchev–Trinajstić information content (AvgIpc) is 2.68. The van der Waals surface area contributed by atoms with Crippen LogP contribution in [-0.2, 0) is 14.3 Å². The number of benzene rings is 1. The summed E-state index contributed by atoms with van der Waals surface area (Å²) < 4.78 is 4.88. The van der Waals surface area contributed by atoms with Crippen LogP contribution in [0.2, 0.25) is 0 Å². The van der Waals surface area contributed by atoms with Crippen molar-refractivity contribution in [2.75, 3.05) is 0 Å². The van der Waals surface area contributed by atoms with Crippen molar-refractivity contribution < 1.29 is 14.3 Å². The van der Waals surface area contributed by atoms with E-state index in [9.17, 15) is 9.59 Å². The second kappa shape index (κ2) is 4.29. The van der Waals surface area contributed by atoms with E-state index in [-0.39, 0.29) is 0 Å². The van der Waals surface area contributed by atoms with Gasteiger partial charge in [-0.05, 0) is 17.5 Å². The fraction of sp³-hybridized carbons (Fsp3) is 0.167. The molecule has 2 rings (SSSR count). The number of nitrogens with two attached hydrogens (primary N) is 1. The first-order chi connectivity index (χ1) is 8.08. The number of carbonyl (C=O) groups excluding carboxylic acids is 2. The van der Waals surface area contributed by atoms with Gasteiger partial charge in [0.2, 0.25) is 6.10 Å². The Labute approximate surface area is 97.6 Å². The lowest BCUT2D eigenvalue weighted by Gasteiger charge is -2.11. The molecule has 1 aromatic heterocycles. The van der Waals surface area contributed by atoms with Crippen LogP contribution < -0.4 is 5.73 Å². The summed E-state index contributed by atoms with van der Waals surface area (Å²) in [6.45, 7) is 1.23. The van der Waals surface area contributed by atoms with E-state index in [1.165, 1.54) is 6.92 Å². The molecule has 0 radical (unpaired) electrons. The Balaban J connectivity index is 2.41. The fourth-order valence-electron chi connectivity index (χ4n) is 1.68. The summed E-state index contributed by atoms with van der Waals surface area (Å²) in [7, 11) is 0. The fourth-order valence-corrected chi connectivity index (χ4v) is 1.68. The standard InChI is InChI=1S/C12H12N2O3/c1-7(15)17-11(12(13)16)10-6-8-4-2-3-5-9(8)14-10/h2-6,11,14H,1H3,(H2,13,16). The molecule has 0 saturated heterocycles. The lowest BCUT2D eigenvalue weighted by molar-refractivity contribution is -0.153. The van der Waals surface area contributed by atoms with E-state index in [0.717, 1.165) is 10.9 Å². The predicted molar refractivity (Wildman–Crippen MR) is 62.0 cm³/mol. The van der Waals surface area contributed by atoms with Crippen LogP contribution in [0.3, 0.4) is 0 Å². The van der Waals surface area contributed by atoms with E-state index in [1.54, 1.807) is 6.07 Å². The van der Waals surface area contributed by atoms with E-state index < -0.39 is 18.0 Å². The van der Waals surface area contributed by atoms with Gasteiger partial charge in [0.25, 0.3) is 5.91 Å². The molecule has 3 N–H and O–H groups in total. The zero-order valence-electron chi connectivity index (χ0n) is 9.27. The van der Waals surface area contributed by atoms with Crippen molar-refractivity contribution in [1.82, 2.24) is 4.98 Å². The number of carbonyl (C=O) groups is 2. The average molecular weight is 232 g/mol. The maximum Gasteiger partial charge on any atom is 0.303 e. The number of rotatable bonds is 3. The number of hydrogen-bond donors (Lipinski definition) is 2. The van der Waals surface area contributed by atoms with E-state index >= 15 is 0 Å². The monoisotopic (exact) mass is 232 g/mol. The molecule has 5 nitrogen and oxygen atoms in total. The second-order valence-corrected chi connectivity index (χ2v) is 3.70. The third-order valence-electron chi connectivity index (χ3n) is 2.38. The Morgan fingerprint density at radius 1 is 1.35 bits per heavy atom. The van der Waals surface area contributed by atoms with E-state index in [2.05, 4.69) is 4.98 Å². The molecule has 1 atom stereocenters. The van der Waals surface area contributed by atoms with E-state index in [1.807, 2.05) is 24.3 Å². The predicted octanol–water partition coefficient (Wildman–Crippen LogP) is 1.26. The summed E-state index contributed by atoms with van der Waals surface area (Å²) in [5.74, 6) is -1.25. The van der Waals surface area contributed by atoms with Crippen LogP contribution in [0.1, 0.15) is 18.7 Å². The Kier molecular flexibility index (Phi) is 2.82. The molecule has 0 aliphatic carbocycles. The molecule has 0 aliphatic rings. The molecular formula is C12H12N2O3. The van der Waals surface area contributed by atoms with Gasteiger partial charge in [-0.1, -0.05) is 18.2 Å². The summed E-state index contributed by atoms with van der Waals surface area (Å²) in [6, 6.07) is 9.25. The number of aromatic nitrogens is 1. The quantitative estimate of drug-likeness (QED) is 0.781. The molecule has 5 heteroatoms. The molecule has 2 aromatic rings. The van der Waals surface area contributed by atoms with Crippen molar-refractivity contribution in [3.05, 3.63) is 36.0 Å². The molecule has 0 spiro atoms. The molecule has 1 aromatic carbocycles. The number of aromatic amines is 1. The van der Waals surface area contributed by atoms with Crippen LogP contribution in [-0.4, -0.2) is 16.9 Å². The number of primary amides is 1. The number of H-pyrrole nitrogens is 1. The number of nitrogens with one attached hydrogen (secondary N) is 1. The van der Waals surface area contributed by atoms with Crippen LogP contribution in [0.25, 0.3) is 10.9 Å². The van der Waals surface area contributed by atoms with Crippen LogP contribution in [0, 0.1) is 0 Å². The number of ether oxygens (including phenoxy) is 1. The highest BCUT2D eigenvalue weighted by atomic mass is 16.5. The van der Waals surface area contributed by atoms with Gasteiger partial charge in [-0.25, -0.2) is 0 Å². The van der Waals surface area contributed by atoms with E-state index in [0.29, 0.717) is 5.69 Å². The van der Waals surface area contributed by atoms with Crippen molar-refractivity contribution >= 4 is 22.8 Å². The van der Waals surface area contributed by atoms with Crippen molar-refractivity contribution in [1.29, 1.82) is 0 Å². The van der Waals surface area contributed by atoms with Gasteiger partial charge >= 0.3 is 5.97 Å². The number of esters is 1. The van der Waals surface area contributed by atoms with Crippen molar-refractivity contribution in [2.45, 2.75) is 13.0 Å². The van der Waals surface area contributed by atoms with Gasteiger partial charge in [-0.3, -0.25) is 9.59 Å². The summed E-state index contributed by atoms with van der Waals surface area (Å²) in [4.78, 5) is 25.1. The second-order valence-electron chi connectivity index (χ2n) is 3.70. The van der Waals surface area contributed by atoms with Crippen molar-refractivity contribution in [3.8, 4) is 0 Å². The number of hydrogen-bond acceptors (Lipinski definition) is 3. The van der Waals surface area contributed by atoms with Crippen LogP contribution in [0.5, 0.6) is 0 Å². The zero-order chi connectivity index (χ0) is 12.4. The van der Waals surface area contributed by atoms with Gasteiger partial charge in [0.1, 0.15) is 0 Å². The first-order valence-electron chi connectivity index (χ1n) is 5.12. The molecule has 0 aliphatic heterocycles. The number of para-hydroxylation sites is 1. The largest absolute Gasteiger partial charge is 0.446 e. The normalized spacial score (nSPS) is 12.3. The lowest BCUT2D eigenvalue weighted by atomic mass is 10.2. The molecule has 88 valence electrons. The highest BCUT2D eigenvalue weighted by molar-refractivity contribution is 5.86. The van der Waals surface area contributed by atoms with Gasteiger partial charge in [0.15, 0.2) is 0 Å². The van der Waals surface area contributed by atoms with Gasteiger partial charge < -0.3 is 15.5 Å². The van der Waals surface area contributed by atoms with Crippen molar-refractivity contribution in [3.63, 3.8) is 0 Å². The molecular weight excluding hydrogens is 220 g/mol. The Hall–Kier alpha value is -2.30. The van der Waals surface area contributed by atoms with Crippen LogP contribution >= 0.6 is 0 Å². The minimum Gasteiger partial charge on any atom is -0.446 e. The SMILES string of the molecule is CC(=O)OC(C(N)=O)c1cc2ccccc2[nH]1. The third kappa shape index (κ3) is 2.28. The molecule has 1 amide bonds. The summed E-state index contributed by atoms with van der Waals surface area (Å²) in [6.07, 6.45) is -1.07. The third-order valence-corrected chi connectivity index (χ3v) is 2.38. The highest BCUT2D eigenvalue weighted by Crippen LogP contribution is 2.22. The summed E-state index contributed by atoms with van der Waals surface area (Å²) in [5, 5.41) is 0.931. The molecule has 1 unspecified atom stereocenters. The van der Waals surface area contributed by atoms with Gasteiger partial charge in [0.05, 0.1) is 5.69 Å². The smallest absolute Gasteiger partial charge is 0.303 e. The van der Waals surface area contributed by atoms with Gasteiger partial charge in [0, 0.05) is 12.4 Å². The number of fused-ring (bicyclic) bond motifs is 1. The van der Waals surface area contributed by atoms with Gasteiger partial charge in [-0.2, -0.15) is 0 Å². The van der Waals surface area contributed by atoms with E-state index in [4.69, 9.17) is 10.5 Å². The Morgan fingerprint density at radius 2 is 2.06 bits per heavy atom. The minimum absolute atomic E-state index is 0.480. The Morgan fingerprint density at radius 3 is 2.65 bits per heavy atom. The molecule has 17 heavy (non-hydrogen) atoms. The van der Waals surface area contributed by atoms with Crippen molar-refractivity contribution in [2.24, 2.45) is 5.73 Å². The van der Waals surface area contributed by atoms with Crippen LogP contribution in [0.15, 0.2) is 30.3 Å². The first-order valence-corrected chi connectivity index (χ1v) is 5.12. The van der Waals surface area contributed by atoms with Gasteiger partial charge in [-0.15, -0.1) is 0 Å². The Bertz CT molecular complexity index is 541. The lowest BCUT2D eigenvalue weighted by Crippen LogP contribution is -2.25. The summed E-state index contributed by atoms with van der Waals surface area (Å²) in [5.41, 5.74) is 6.55. The molecule has 1 heterocycles. The molecule has 0 bridgehead atoms. The topological polar surface area (TPSA) is 85.2 Å². The molecule has 0 fully saturated rings. The first kappa shape index (κ1) is 11.2. The minimum atomic E-state index is -1.07. The zero-order valence-corrected chi connectivity index (χ0v) is 9.27. The maximum absolute atomic E-state index is 11.2.